The zero-order valence-corrected chi connectivity index (χ0v) is 30.6. The molecule has 8 fully saturated rings. The van der Waals surface area contributed by atoms with Gasteiger partial charge in [-0.2, -0.15) is 8.42 Å². The van der Waals surface area contributed by atoms with Crippen molar-refractivity contribution in [3.63, 3.8) is 0 Å². The lowest BCUT2D eigenvalue weighted by Gasteiger charge is -2.58. The highest BCUT2D eigenvalue weighted by molar-refractivity contribution is 7.87. The predicted octanol–water partition coefficient (Wildman–Crippen LogP) is 9.11. The van der Waals surface area contributed by atoms with E-state index in [0.29, 0.717) is 46.6 Å². The summed E-state index contributed by atoms with van der Waals surface area (Å²) in [6.07, 6.45) is 18.6. The molecule has 3 aromatic rings. The Hall–Kier alpha value is -2.42. The molecule has 9 aliphatic rings. The van der Waals surface area contributed by atoms with E-state index < -0.39 is 20.2 Å². The summed E-state index contributed by atoms with van der Waals surface area (Å²) in [5.41, 5.74) is 3.01. The standard InChI is InChI=1S/C42H50O6S2/c43-49(44,45)38-12-11-37(33-8-3-1-2-4-9-34(33)38)48-50(46,47)39-19-36(41-20-26-13-27(21-41)15-28(14-26)22-41)32-7-5-6-10-35(32)40(39)42-23-29-16-30(24-42)18-31(17-29)25-42/h5-7,10-12,19,26-31H,1-4,8-9,13-18,20-25H2,(H,43,44,45)/p-1. The molecule has 3 aromatic carbocycles. The molecular weight excluding hydrogens is 665 g/mol. The van der Waals surface area contributed by atoms with E-state index in [4.69, 9.17) is 4.18 Å². The second-order valence-corrected chi connectivity index (χ2v) is 21.0. The number of benzene rings is 3. The van der Waals surface area contributed by atoms with E-state index in [1.165, 1.54) is 61.6 Å². The molecule has 8 saturated carbocycles. The van der Waals surface area contributed by atoms with Gasteiger partial charge in [-0.1, -0.05) is 37.1 Å². The Bertz CT molecular complexity index is 2040. The third kappa shape index (κ3) is 5.08. The molecule has 9 aliphatic carbocycles. The highest BCUT2D eigenvalue weighted by atomic mass is 32.2. The molecule has 8 bridgehead atoms. The molecule has 266 valence electrons. The highest BCUT2D eigenvalue weighted by Crippen LogP contribution is 2.65. The molecule has 50 heavy (non-hydrogen) atoms. The SMILES string of the molecule is O=S(=O)([O-])c1ccc(OS(=O)(=O)c2cc(C34CC5CC(CC(C5)C3)C4)c3ccccc3c2C23CC4CC(CC(C4)C2)C3)c2c1CCCCCC2. The average molecular weight is 714 g/mol. The third-order valence-corrected chi connectivity index (χ3v) is 17.1. The second kappa shape index (κ2) is 11.3. The molecule has 8 heteroatoms. The molecular formula is C42H49O6S2-. The Labute approximate surface area is 297 Å². The van der Waals surface area contributed by atoms with Gasteiger partial charge in [0, 0.05) is 5.56 Å². The van der Waals surface area contributed by atoms with Crippen LogP contribution in [0.3, 0.4) is 0 Å². The molecule has 0 N–H and O–H groups in total. The van der Waals surface area contributed by atoms with Crippen molar-refractivity contribution in [2.75, 3.05) is 0 Å². The van der Waals surface area contributed by atoms with Crippen LogP contribution >= 0.6 is 0 Å². The van der Waals surface area contributed by atoms with Gasteiger partial charge in [-0.15, -0.1) is 0 Å². The minimum atomic E-state index is -4.72. The van der Waals surface area contributed by atoms with Gasteiger partial charge in [-0.25, -0.2) is 8.42 Å². The zero-order valence-electron chi connectivity index (χ0n) is 29.0. The van der Waals surface area contributed by atoms with Crippen molar-refractivity contribution in [1.29, 1.82) is 0 Å². The summed E-state index contributed by atoms with van der Waals surface area (Å²) in [4.78, 5) is 0.118. The monoisotopic (exact) mass is 713 g/mol. The molecule has 0 unspecified atom stereocenters. The van der Waals surface area contributed by atoms with E-state index >= 15 is 8.42 Å². The quantitative estimate of drug-likeness (QED) is 0.187. The van der Waals surface area contributed by atoms with E-state index in [2.05, 4.69) is 30.3 Å². The van der Waals surface area contributed by atoms with Crippen LogP contribution in [0, 0.1) is 35.5 Å². The smallest absolute Gasteiger partial charge is 0.339 e. The molecule has 0 spiro atoms. The normalized spacial score (nSPS) is 35.9. The summed E-state index contributed by atoms with van der Waals surface area (Å²) in [6.45, 7) is 0. The van der Waals surface area contributed by atoms with Gasteiger partial charge in [0.05, 0.1) is 4.90 Å². The first-order valence-electron chi connectivity index (χ1n) is 19.6. The van der Waals surface area contributed by atoms with E-state index in [1.807, 2.05) is 0 Å². The molecule has 0 heterocycles. The van der Waals surface area contributed by atoms with Crippen LogP contribution in [0.15, 0.2) is 52.3 Å². The summed E-state index contributed by atoms with van der Waals surface area (Å²) in [5.74, 6) is 4.26. The van der Waals surface area contributed by atoms with Gasteiger partial charge in [-0.3, -0.25) is 0 Å². The first kappa shape index (κ1) is 32.2. The van der Waals surface area contributed by atoms with Crippen molar-refractivity contribution in [3.8, 4) is 5.75 Å². The van der Waals surface area contributed by atoms with E-state index in [1.54, 1.807) is 0 Å². The van der Waals surface area contributed by atoms with Crippen molar-refractivity contribution in [1.82, 2.24) is 0 Å². The summed E-state index contributed by atoms with van der Waals surface area (Å²) in [6, 6.07) is 13.5. The molecule has 0 atom stereocenters. The maximum atomic E-state index is 15.3. The fraction of sp³-hybridized carbons (Fsp3) is 0.619. The molecule has 0 aliphatic heterocycles. The van der Waals surface area contributed by atoms with Crippen molar-refractivity contribution >= 4 is 31.0 Å². The maximum absolute atomic E-state index is 15.3. The van der Waals surface area contributed by atoms with Gasteiger partial charge in [0.15, 0.2) is 0 Å². The van der Waals surface area contributed by atoms with Gasteiger partial charge >= 0.3 is 10.1 Å². The Morgan fingerprint density at radius 3 is 1.62 bits per heavy atom. The van der Waals surface area contributed by atoms with Crippen LogP contribution in [0.1, 0.15) is 125 Å². The summed E-state index contributed by atoms with van der Waals surface area (Å²) < 4.78 is 74.0. The van der Waals surface area contributed by atoms with Crippen molar-refractivity contribution in [3.05, 3.63) is 64.7 Å². The second-order valence-electron chi connectivity index (χ2n) is 18.2. The lowest BCUT2D eigenvalue weighted by atomic mass is 9.46. The topological polar surface area (TPSA) is 101 Å². The van der Waals surface area contributed by atoms with Gasteiger partial charge in [-0.05, 0) is 195 Å². The van der Waals surface area contributed by atoms with E-state index in [0.717, 1.165) is 92.9 Å². The first-order valence-corrected chi connectivity index (χ1v) is 22.4. The number of hydrogen-bond donors (Lipinski definition) is 0. The van der Waals surface area contributed by atoms with Crippen molar-refractivity contribution in [2.24, 2.45) is 35.5 Å². The average Bonchev–Trinajstić information content (AvgIpc) is 3.02. The molecule has 12 rings (SSSR count). The van der Waals surface area contributed by atoms with E-state index in [-0.39, 0.29) is 21.5 Å². The Kier molecular flexibility index (Phi) is 7.28. The van der Waals surface area contributed by atoms with Gasteiger partial charge in [0.2, 0.25) is 0 Å². The van der Waals surface area contributed by atoms with Crippen LogP contribution in [0.4, 0.5) is 0 Å². The van der Waals surface area contributed by atoms with Crippen LogP contribution in [0.5, 0.6) is 5.75 Å². The molecule has 0 aromatic heterocycles. The van der Waals surface area contributed by atoms with Crippen LogP contribution < -0.4 is 4.18 Å². The largest absolute Gasteiger partial charge is 0.744 e. The number of rotatable bonds is 6. The fourth-order valence-electron chi connectivity index (χ4n) is 14.0. The zero-order chi connectivity index (χ0) is 34.0. The van der Waals surface area contributed by atoms with Crippen LogP contribution in [0.2, 0.25) is 0 Å². The van der Waals surface area contributed by atoms with Gasteiger partial charge < -0.3 is 8.74 Å². The number of hydrogen-bond acceptors (Lipinski definition) is 6. The third-order valence-electron chi connectivity index (χ3n) is 14.9. The summed E-state index contributed by atoms with van der Waals surface area (Å²) in [7, 11) is -9.08. The molecule has 6 nitrogen and oxygen atoms in total. The first-order chi connectivity index (χ1) is 24.0. The van der Waals surface area contributed by atoms with Crippen LogP contribution in [-0.4, -0.2) is 21.4 Å². The summed E-state index contributed by atoms with van der Waals surface area (Å²) >= 11 is 0. The molecule has 0 amide bonds. The lowest BCUT2D eigenvalue weighted by molar-refractivity contribution is -0.00703. The highest BCUT2D eigenvalue weighted by Gasteiger charge is 2.56. The molecule has 0 radical (unpaired) electrons. The minimum absolute atomic E-state index is 0.0158. The maximum Gasteiger partial charge on any atom is 0.339 e. The Balaban J connectivity index is 1.19. The number of fused-ring (bicyclic) bond motifs is 2. The van der Waals surface area contributed by atoms with Crippen LogP contribution in [-0.2, 0) is 43.9 Å². The van der Waals surface area contributed by atoms with Gasteiger partial charge in [0.25, 0.3) is 0 Å². The predicted molar refractivity (Wildman–Crippen MR) is 192 cm³/mol. The van der Waals surface area contributed by atoms with Crippen LogP contribution in [0.25, 0.3) is 10.8 Å². The molecule has 0 saturated heterocycles. The van der Waals surface area contributed by atoms with Crippen molar-refractivity contribution in [2.45, 2.75) is 136 Å². The lowest BCUT2D eigenvalue weighted by Crippen LogP contribution is -2.50. The van der Waals surface area contributed by atoms with Gasteiger partial charge in [0.1, 0.15) is 20.8 Å². The minimum Gasteiger partial charge on any atom is -0.744 e. The Morgan fingerprint density at radius 2 is 1.08 bits per heavy atom. The summed E-state index contributed by atoms with van der Waals surface area (Å²) in [5, 5.41) is 2.35. The van der Waals surface area contributed by atoms with Crippen molar-refractivity contribution < 1.29 is 25.6 Å². The van der Waals surface area contributed by atoms with E-state index in [9.17, 15) is 13.0 Å². The Morgan fingerprint density at radius 1 is 0.580 bits per heavy atom. The fourth-order valence-corrected chi connectivity index (χ4v) is 16.1.